The molecule has 0 saturated carbocycles. The van der Waals surface area contributed by atoms with Gasteiger partial charge in [-0.1, -0.05) is 0 Å². The molecule has 1 spiro atoms. The third kappa shape index (κ3) is 2.14. The molecule has 2 fully saturated rings. The average molecular weight is 215 g/mol. The Morgan fingerprint density at radius 1 is 1.53 bits per heavy atom. The SMILES string of the molecule is N[C@H](C(=O)O)C1CCOC2(CCOC2)C1. The summed E-state index contributed by atoms with van der Waals surface area (Å²) in [4.78, 5) is 10.8. The molecule has 0 aromatic rings. The molecule has 2 aliphatic rings. The molecule has 0 radical (unpaired) electrons. The first-order valence-electron chi connectivity index (χ1n) is 5.33. The zero-order valence-electron chi connectivity index (χ0n) is 8.65. The predicted octanol–water partition coefficient (Wildman–Crippen LogP) is -0.0160. The van der Waals surface area contributed by atoms with Crippen LogP contribution in [-0.4, -0.2) is 42.5 Å². The highest BCUT2D eigenvalue weighted by molar-refractivity contribution is 5.73. The summed E-state index contributed by atoms with van der Waals surface area (Å²) in [6.45, 7) is 1.87. The van der Waals surface area contributed by atoms with E-state index in [4.69, 9.17) is 20.3 Å². The predicted molar refractivity (Wildman–Crippen MR) is 52.5 cm³/mol. The fraction of sp³-hybridized carbons (Fsp3) is 0.900. The molecule has 2 heterocycles. The minimum Gasteiger partial charge on any atom is -0.480 e. The van der Waals surface area contributed by atoms with Gasteiger partial charge in [-0.3, -0.25) is 4.79 Å². The van der Waals surface area contributed by atoms with Crippen molar-refractivity contribution < 1.29 is 19.4 Å². The number of nitrogens with two attached hydrogens (primary N) is 1. The summed E-state index contributed by atoms with van der Waals surface area (Å²) in [5.74, 6) is -0.908. The standard InChI is InChI=1S/C10H17NO4/c11-8(9(12)13)7-1-3-15-10(5-7)2-4-14-6-10/h7-8H,1-6,11H2,(H,12,13)/t7?,8-,10?/m0/s1. The van der Waals surface area contributed by atoms with Crippen LogP contribution in [0, 0.1) is 5.92 Å². The van der Waals surface area contributed by atoms with Crippen molar-refractivity contribution in [2.45, 2.75) is 30.9 Å². The molecule has 15 heavy (non-hydrogen) atoms. The minimum absolute atomic E-state index is 0.0120. The first-order valence-corrected chi connectivity index (χ1v) is 5.33. The Morgan fingerprint density at radius 2 is 2.33 bits per heavy atom. The number of aliphatic carboxylic acids is 1. The van der Waals surface area contributed by atoms with Gasteiger partial charge >= 0.3 is 5.97 Å². The van der Waals surface area contributed by atoms with E-state index in [0.717, 1.165) is 12.8 Å². The van der Waals surface area contributed by atoms with Crippen molar-refractivity contribution in [1.82, 2.24) is 0 Å². The van der Waals surface area contributed by atoms with Crippen LogP contribution in [0.25, 0.3) is 0 Å². The van der Waals surface area contributed by atoms with Crippen molar-refractivity contribution in [2.24, 2.45) is 11.7 Å². The Kier molecular flexibility index (Phi) is 2.95. The lowest BCUT2D eigenvalue weighted by Crippen LogP contribution is -2.48. The molecule has 2 rings (SSSR count). The summed E-state index contributed by atoms with van der Waals surface area (Å²) >= 11 is 0. The molecule has 0 aromatic carbocycles. The van der Waals surface area contributed by atoms with Gasteiger partial charge in [0.25, 0.3) is 0 Å². The molecule has 2 aliphatic heterocycles. The van der Waals surface area contributed by atoms with E-state index in [1.165, 1.54) is 0 Å². The van der Waals surface area contributed by atoms with Crippen LogP contribution < -0.4 is 5.73 Å². The van der Waals surface area contributed by atoms with Crippen LogP contribution >= 0.6 is 0 Å². The van der Waals surface area contributed by atoms with Crippen LogP contribution in [0.2, 0.25) is 0 Å². The van der Waals surface area contributed by atoms with E-state index in [-0.39, 0.29) is 11.5 Å². The molecular formula is C10H17NO4. The average Bonchev–Trinajstić information content (AvgIpc) is 2.65. The van der Waals surface area contributed by atoms with Gasteiger partial charge < -0.3 is 20.3 Å². The second kappa shape index (κ2) is 4.08. The summed E-state index contributed by atoms with van der Waals surface area (Å²) in [6, 6.07) is -0.772. The maximum absolute atomic E-state index is 10.8. The molecule has 0 aliphatic carbocycles. The molecule has 86 valence electrons. The van der Waals surface area contributed by atoms with Gasteiger partial charge in [-0.15, -0.1) is 0 Å². The van der Waals surface area contributed by atoms with Crippen LogP contribution in [0.4, 0.5) is 0 Å². The van der Waals surface area contributed by atoms with Crippen molar-refractivity contribution in [3.05, 3.63) is 0 Å². The third-order valence-corrected chi connectivity index (χ3v) is 3.39. The molecule has 2 saturated heterocycles. The number of hydrogen-bond donors (Lipinski definition) is 2. The molecule has 5 nitrogen and oxygen atoms in total. The van der Waals surface area contributed by atoms with E-state index < -0.39 is 12.0 Å². The monoisotopic (exact) mass is 215 g/mol. The van der Waals surface area contributed by atoms with E-state index in [9.17, 15) is 4.79 Å². The maximum Gasteiger partial charge on any atom is 0.320 e. The van der Waals surface area contributed by atoms with Crippen LogP contribution in [0.1, 0.15) is 19.3 Å². The molecule has 0 aromatic heterocycles. The number of carboxylic acids is 1. The van der Waals surface area contributed by atoms with Gasteiger partial charge in [-0.25, -0.2) is 0 Å². The van der Waals surface area contributed by atoms with E-state index in [0.29, 0.717) is 26.2 Å². The zero-order chi connectivity index (χ0) is 10.9. The van der Waals surface area contributed by atoms with Gasteiger partial charge in [0.05, 0.1) is 12.2 Å². The van der Waals surface area contributed by atoms with Crippen molar-refractivity contribution in [1.29, 1.82) is 0 Å². The summed E-state index contributed by atoms with van der Waals surface area (Å²) < 4.78 is 11.0. The number of carboxylic acid groups (broad SMARTS) is 1. The van der Waals surface area contributed by atoms with Crippen LogP contribution in [0.5, 0.6) is 0 Å². The highest BCUT2D eigenvalue weighted by Gasteiger charge is 2.43. The van der Waals surface area contributed by atoms with E-state index >= 15 is 0 Å². The van der Waals surface area contributed by atoms with Crippen molar-refractivity contribution in [3.63, 3.8) is 0 Å². The highest BCUT2D eigenvalue weighted by atomic mass is 16.6. The Hall–Kier alpha value is -0.650. The largest absolute Gasteiger partial charge is 0.480 e. The van der Waals surface area contributed by atoms with Gasteiger partial charge in [0.15, 0.2) is 0 Å². The Morgan fingerprint density at radius 3 is 2.93 bits per heavy atom. The quantitative estimate of drug-likeness (QED) is 0.676. The van der Waals surface area contributed by atoms with E-state index in [2.05, 4.69) is 0 Å². The normalized spacial score (nSPS) is 38.1. The van der Waals surface area contributed by atoms with E-state index in [1.54, 1.807) is 0 Å². The van der Waals surface area contributed by atoms with Gasteiger partial charge in [0.1, 0.15) is 6.04 Å². The first-order chi connectivity index (χ1) is 7.13. The number of ether oxygens (including phenoxy) is 2. The van der Waals surface area contributed by atoms with Crippen molar-refractivity contribution >= 4 is 5.97 Å². The minimum atomic E-state index is -0.920. The fourth-order valence-electron chi connectivity index (χ4n) is 2.44. The van der Waals surface area contributed by atoms with Crippen LogP contribution in [-0.2, 0) is 14.3 Å². The smallest absolute Gasteiger partial charge is 0.320 e. The van der Waals surface area contributed by atoms with Gasteiger partial charge in [-0.05, 0) is 18.8 Å². The molecule has 0 bridgehead atoms. The number of hydrogen-bond acceptors (Lipinski definition) is 4. The van der Waals surface area contributed by atoms with Crippen LogP contribution in [0.3, 0.4) is 0 Å². The second-order valence-corrected chi connectivity index (χ2v) is 4.45. The lowest BCUT2D eigenvalue weighted by molar-refractivity contribution is -0.144. The fourth-order valence-corrected chi connectivity index (χ4v) is 2.44. The Labute approximate surface area is 88.5 Å². The lowest BCUT2D eigenvalue weighted by Gasteiger charge is -2.38. The van der Waals surface area contributed by atoms with Gasteiger partial charge in [0.2, 0.25) is 0 Å². The van der Waals surface area contributed by atoms with E-state index in [1.807, 2.05) is 0 Å². The summed E-state index contributed by atoms with van der Waals surface area (Å²) in [6.07, 6.45) is 2.30. The van der Waals surface area contributed by atoms with Crippen molar-refractivity contribution in [2.75, 3.05) is 19.8 Å². The lowest BCUT2D eigenvalue weighted by atomic mass is 9.81. The number of carbonyl (C=O) groups is 1. The second-order valence-electron chi connectivity index (χ2n) is 4.45. The Balaban J connectivity index is 2.00. The summed E-state index contributed by atoms with van der Waals surface area (Å²) in [5, 5.41) is 8.87. The highest BCUT2D eigenvalue weighted by Crippen LogP contribution is 2.36. The van der Waals surface area contributed by atoms with Crippen LogP contribution in [0.15, 0.2) is 0 Å². The molecule has 2 unspecified atom stereocenters. The first kappa shape index (κ1) is 10.9. The van der Waals surface area contributed by atoms with Gasteiger partial charge in [-0.2, -0.15) is 0 Å². The molecule has 3 N–H and O–H groups in total. The summed E-state index contributed by atoms with van der Waals surface area (Å²) in [5.41, 5.74) is 5.39. The van der Waals surface area contributed by atoms with Crippen molar-refractivity contribution in [3.8, 4) is 0 Å². The molecule has 3 atom stereocenters. The molecule has 5 heteroatoms. The Bertz CT molecular complexity index is 250. The van der Waals surface area contributed by atoms with Gasteiger partial charge in [0, 0.05) is 19.6 Å². The maximum atomic E-state index is 10.8. The topological polar surface area (TPSA) is 81.8 Å². The third-order valence-electron chi connectivity index (χ3n) is 3.39. The number of rotatable bonds is 2. The molecular weight excluding hydrogens is 198 g/mol. The zero-order valence-corrected chi connectivity index (χ0v) is 8.65. The molecule has 0 amide bonds. The summed E-state index contributed by atoms with van der Waals surface area (Å²) in [7, 11) is 0.